The Morgan fingerprint density at radius 1 is 0.438 bits per heavy atom. The van der Waals surface area contributed by atoms with Crippen LogP contribution in [0.2, 0.25) is 0 Å². The molecule has 0 aliphatic heterocycles. The molecule has 232 valence electrons. The standard InChI is InChI=1S/C42H30N2O4/c1-3-23-21-43-37(33(23)35-29-17-9-5-13-25(29)27-15-7-11-19-31(27)39(35)45)41(47)44-22-24(4-2)34(38(44)42(43)48)36-30-18-10-6-14-26(30)28-16-8-12-20-32(28)40(36)46/h5-22,45-46H,3-4H2,1-2H3. The van der Waals surface area contributed by atoms with E-state index < -0.39 is 0 Å². The quantitative estimate of drug-likeness (QED) is 0.191. The van der Waals surface area contributed by atoms with Gasteiger partial charge >= 0.3 is 0 Å². The molecule has 0 aliphatic rings. The number of phenols is 2. The van der Waals surface area contributed by atoms with Crippen LogP contribution in [0.3, 0.4) is 0 Å². The zero-order chi connectivity index (χ0) is 32.8. The van der Waals surface area contributed by atoms with Crippen LogP contribution in [0.4, 0.5) is 0 Å². The maximum absolute atomic E-state index is 14.8. The SMILES string of the molecule is CCc1cn2c(=O)c3c(-c4c(O)c5ccccc5c5ccccc45)c(CC)cn3c(=O)c2c1-c1c(O)c2ccccc2c2ccccc12. The lowest BCUT2D eigenvalue weighted by atomic mass is 9.90. The highest BCUT2D eigenvalue weighted by atomic mass is 16.3. The second-order valence-electron chi connectivity index (χ2n) is 12.4. The minimum absolute atomic E-state index is 0.0778. The molecular weight excluding hydrogens is 596 g/mol. The van der Waals surface area contributed by atoms with Crippen molar-refractivity contribution >= 4 is 54.1 Å². The Balaban J connectivity index is 1.46. The van der Waals surface area contributed by atoms with E-state index in [0.717, 1.165) is 43.4 Å². The van der Waals surface area contributed by atoms with Crippen LogP contribution in [-0.4, -0.2) is 19.0 Å². The second kappa shape index (κ2) is 10.2. The monoisotopic (exact) mass is 626 g/mol. The van der Waals surface area contributed by atoms with Crippen molar-refractivity contribution in [1.29, 1.82) is 0 Å². The van der Waals surface area contributed by atoms with E-state index in [1.54, 1.807) is 12.4 Å². The maximum atomic E-state index is 14.8. The minimum Gasteiger partial charge on any atom is -0.507 e. The van der Waals surface area contributed by atoms with E-state index in [1.165, 1.54) is 8.80 Å². The lowest BCUT2D eigenvalue weighted by Gasteiger charge is -2.15. The molecule has 6 nitrogen and oxygen atoms in total. The van der Waals surface area contributed by atoms with Crippen LogP contribution in [0.25, 0.3) is 76.4 Å². The molecule has 6 heteroatoms. The van der Waals surface area contributed by atoms with Gasteiger partial charge in [-0.1, -0.05) is 111 Å². The molecule has 3 heterocycles. The molecule has 0 amide bonds. The highest BCUT2D eigenvalue weighted by Crippen LogP contribution is 2.48. The first kappa shape index (κ1) is 28.1. The molecule has 0 spiro atoms. The first-order valence-corrected chi connectivity index (χ1v) is 16.3. The molecule has 0 atom stereocenters. The van der Waals surface area contributed by atoms with E-state index in [-0.39, 0.29) is 33.7 Å². The van der Waals surface area contributed by atoms with Crippen molar-refractivity contribution in [2.45, 2.75) is 26.7 Å². The van der Waals surface area contributed by atoms with E-state index in [4.69, 9.17) is 0 Å². The van der Waals surface area contributed by atoms with Crippen molar-refractivity contribution in [3.05, 3.63) is 141 Å². The summed E-state index contributed by atoms with van der Waals surface area (Å²) in [7, 11) is 0. The van der Waals surface area contributed by atoms with Crippen LogP contribution in [0.1, 0.15) is 25.0 Å². The van der Waals surface area contributed by atoms with Crippen molar-refractivity contribution in [3.8, 4) is 33.8 Å². The average molecular weight is 627 g/mol. The summed E-state index contributed by atoms with van der Waals surface area (Å²) in [5.74, 6) is 0.156. The van der Waals surface area contributed by atoms with Gasteiger partial charge in [0.2, 0.25) is 0 Å². The maximum Gasteiger partial charge on any atom is 0.280 e. The molecule has 2 N–H and O–H groups in total. The van der Waals surface area contributed by atoms with Crippen LogP contribution in [0, 0.1) is 0 Å². The van der Waals surface area contributed by atoms with Gasteiger partial charge in [0.25, 0.3) is 11.1 Å². The van der Waals surface area contributed by atoms with E-state index in [9.17, 15) is 19.8 Å². The fraction of sp³-hybridized carbons (Fsp3) is 0.0952. The number of aryl methyl sites for hydroxylation is 2. The van der Waals surface area contributed by atoms with Gasteiger partial charge in [0, 0.05) is 45.4 Å². The predicted octanol–water partition coefficient (Wildman–Crippen LogP) is 8.83. The number of aromatic nitrogens is 2. The number of phenolic OH excluding ortho intramolecular Hbond substituents is 2. The third-order valence-corrected chi connectivity index (χ3v) is 10.1. The third-order valence-electron chi connectivity index (χ3n) is 10.1. The summed E-state index contributed by atoms with van der Waals surface area (Å²) in [5, 5.41) is 30.5. The molecule has 9 rings (SSSR count). The van der Waals surface area contributed by atoms with Gasteiger partial charge in [-0.15, -0.1) is 0 Å². The van der Waals surface area contributed by atoms with Gasteiger partial charge in [-0.05, 0) is 56.3 Å². The lowest BCUT2D eigenvalue weighted by Crippen LogP contribution is -2.25. The van der Waals surface area contributed by atoms with Crippen molar-refractivity contribution in [2.24, 2.45) is 0 Å². The summed E-state index contributed by atoms with van der Waals surface area (Å²) in [4.78, 5) is 29.6. The molecule has 3 aromatic heterocycles. The van der Waals surface area contributed by atoms with E-state index in [0.29, 0.717) is 45.9 Å². The molecule has 48 heavy (non-hydrogen) atoms. The number of benzene rings is 6. The van der Waals surface area contributed by atoms with Gasteiger partial charge in [-0.25, -0.2) is 0 Å². The highest BCUT2D eigenvalue weighted by Gasteiger charge is 2.28. The Bertz CT molecular complexity index is 2730. The fourth-order valence-electron chi connectivity index (χ4n) is 7.93. The lowest BCUT2D eigenvalue weighted by molar-refractivity contribution is 0.483. The summed E-state index contributed by atoms with van der Waals surface area (Å²) in [5.41, 5.74) is 3.49. The van der Waals surface area contributed by atoms with Crippen LogP contribution in [0.15, 0.2) is 119 Å². The predicted molar refractivity (Wildman–Crippen MR) is 195 cm³/mol. The number of nitrogens with zero attached hydrogens (tertiary/aromatic N) is 2. The molecule has 0 unspecified atom stereocenters. The minimum atomic E-state index is -0.360. The van der Waals surface area contributed by atoms with Gasteiger partial charge in [0.1, 0.15) is 22.5 Å². The number of hydrogen-bond donors (Lipinski definition) is 2. The zero-order valence-corrected chi connectivity index (χ0v) is 26.4. The molecule has 0 saturated heterocycles. The topological polar surface area (TPSA) is 83.4 Å². The Morgan fingerprint density at radius 3 is 1.06 bits per heavy atom. The van der Waals surface area contributed by atoms with Crippen molar-refractivity contribution < 1.29 is 10.2 Å². The van der Waals surface area contributed by atoms with E-state index in [1.807, 2.05) is 111 Å². The second-order valence-corrected chi connectivity index (χ2v) is 12.4. The Labute approximate surface area is 274 Å². The molecule has 9 aromatic rings. The van der Waals surface area contributed by atoms with Crippen LogP contribution in [-0.2, 0) is 12.8 Å². The van der Waals surface area contributed by atoms with Gasteiger partial charge < -0.3 is 10.2 Å². The van der Waals surface area contributed by atoms with Crippen molar-refractivity contribution in [1.82, 2.24) is 8.80 Å². The molecule has 0 aliphatic carbocycles. The first-order valence-electron chi connectivity index (χ1n) is 16.3. The molecular formula is C42H30N2O4. The molecule has 0 bridgehead atoms. The first-order chi connectivity index (χ1) is 23.4. The van der Waals surface area contributed by atoms with Gasteiger partial charge in [-0.3, -0.25) is 18.4 Å². The summed E-state index contributed by atoms with van der Waals surface area (Å²) in [6.07, 6.45) is 4.57. The number of aromatic hydroxyl groups is 2. The average Bonchev–Trinajstić information content (AvgIpc) is 3.71. The summed E-state index contributed by atoms with van der Waals surface area (Å²) >= 11 is 0. The van der Waals surface area contributed by atoms with E-state index >= 15 is 0 Å². The van der Waals surface area contributed by atoms with Crippen LogP contribution >= 0.6 is 0 Å². The molecule has 6 aromatic carbocycles. The zero-order valence-electron chi connectivity index (χ0n) is 26.4. The number of rotatable bonds is 4. The van der Waals surface area contributed by atoms with Crippen LogP contribution < -0.4 is 11.1 Å². The fourth-order valence-corrected chi connectivity index (χ4v) is 7.93. The highest BCUT2D eigenvalue weighted by molar-refractivity contribution is 6.20. The smallest absolute Gasteiger partial charge is 0.280 e. The normalized spacial score (nSPS) is 12.0. The van der Waals surface area contributed by atoms with Gasteiger partial charge in [-0.2, -0.15) is 0 Å². The van der Waals surface area contributed by atoms with Crippen LogP contribution in [0.5, 0.6) is 11.5 Å². The Morgan fingerprint density at radius 2 is 0.729 bits per heavy atom. The van der Waals surface area contributed by atoms with E-state index in [2.05, 4.69) is 0 Å². The summed E-state index contributed by atoms with van der Waals surface area (Å²) in [6.45, 7) is 3.97. The Kier molecular flexibility index (Phi) is 5.96. The third kappa shape index (κ3) is 3.57. The molecule has 0 radical (unpaired) electrons. The summed E-state index contributed by atoms with van der Waals surface area (Å²) in [6, 6.07) is 31.1. The van der Waals surface area contributed by atoms with Gasteiger partial charge in [0.15, 0.2) is 0 Å². The number of hydrogen-bond acceptors (Lipinski definition) is 4. The molecule has 0 saturated carbocycles. The van der Waals surface area contributed by atoms with Crippen molar-refractivity contribution in [2.75, 3.05) is 0 Å². The molecule has 0 fully saturated rings. The summed E-state index contributed by atoms with van der Waals surface area (Å²) < 4.78 is 2.91. The largest absolute Gasteiger partial charge is 0.507 e. The Hall–Kier alpha value is -6.14. The van der Waals surface area contributed by atoms with Gasteiger partial charge in [0.05, 0.1) is 0 Å². The number of fused-ring (bicyclic) bond motifs is 8. The van der Waals surface area contributed by atoms with Crippen molar-refractivity contribution in [3.63, 3.8) is 0 Å².